The summed E-state index contributed by atoms with van der Waals surface area (Å²) in [5.41, 5.74) is 4.49. The van der Waals surface area contributed by atoms with Crippen molar-refractivity contribution in [1.29, 1.82) is 0 Å². The molecule has 1 aromatic heterocycles. The molecule has 3 rings (SSSR count). The van der Waals surface area contributed by atoms with E-state index in [1.54, 1.807) is 6.20 Å². The number of benzene rings is 1. The third-order valence-electron chi connectivity index (χ3n) is 4.84. The van der Waals surface area contributed by atoms with Gasteiger partial charge < -0.3 is 5.32 Å². The predicted molar refractivity (Wildman–Crippen MR) is 100 cm³/mol. The molecule has 1 fully saturated rings. The van der Waals surface area contributed by atoms with Gasteiger partial charge in [0.05, 0.1) is 6.54 Å². The molecule has 1 aliphatic rings. The molecule has 1 saturated heterocycles. The number of nitrogens with zero attached hydrogens (tertiary/aromatic N) is 3. The highest BCUT2D eigenvalue weighted by Crippen LogP contribution is 2.18. The van der Waals surface area contributed by atoms with Crippen molar-refractivity contribution in [2.45, 2.75) is 20.4 Å². The smallest absolute Gasteiger partial charge is 0.238 e. The van der Waals surface area contributed by atoms with Crippen LogP contribution in [0.3, 0.4) is 0 Å². The lowest BCUT2D eigenvalue weighted by molar-refractivity contribution is -0.117. The van der Waals surface area contributed by atoms with Gasteiger partial charge >= 0.3 is 0 Å². The summed E-state index contributed by atoms with van der Waals surface area (Å²) in [6, 6.07) is 10.1. The van der Waals surface area contributed by atoms with Gasteiger partial charge in [-0.15, -0.1) is 0 Å². The molecule has 1 amide bonds. The topological polar surface area (TPSA) is 48.5 Å². The number of carbonyl (C=O) groups excluding carboxylic acids is 1. The Morgan fingerprint density at radius 2 is 1.84 bits per heavy atom. The summed E-state index contributed by atoms with van der Waals surface area (Å²) in [6.07, 6.45) is 3.72. The van der Waals surface area contributed by atoms with Gasteiger partial charge in [0.15, 0.2) is 0 Å². The fourth-order valence-corrected chi connectivity index (χ4v) is 3.13. The molecule has 2 heterocycles. The molecule has 0 spiro atoms. The maximum atomic E-state index is 12.3. The van der Waals surface area contributed by atoms with Crippen molar-refractivity contribution in [2.24, 2.45) is 0 Å². The van der Waals surface area contributed by atoms with Crippen molar-refractivity contribution in [3.63, 3.8) is 0 Å². The molecule has 0 atom stereocenters. The summed E-state index contributed by atoms with van der Waals surface area (Å²) < 4.78 is 0. The first kappa shape index (κ1) is 17.6. The Kier molecular flexibility index (Phi) is 5.79. The van der Waals surface area contributed by atoms with Crippen LogP contribution in [0.4, 0.5) is 5.69 Å². The van der Waals surface area contributed by atoms with E-state index in [1.165, 1.54) is 11.1 Å². The van der Waals surface area contributed by atoms with Crippen LogP contribution in [-0.4, -0.2) is 53.4 Å². The number of aromatic nitrogens is 1. The van der Waals surface area contributed by atoms with E-state index in [2.05, 4.69) is 39.2 Å². The number of aryl methyl sites for hydroxylation is 1. The molecule has 0 bridgehead atoms. The Balaban J connectivity index is 1.45. The Hall–Kier alpha value is -2.24. The minimum atomic E-state index is 0.0643. The molecule has 5 heteroatoms. The maximum Gasteiger partial charge on any atom is 0.238 e. The SMILES string of the molecule is Cc1cccc(NC(=O)CN2CCN(Cc3cccnc3)CC2)c1C. The van der Waals surface area contributed by atoms with Crippen LogP contribution in [-0.2, 0) is 11.3 Å². The van der Waals surface area contributed by atoms with Gasteiger partial charge in [-0.1, -0.05) is 18.2 Å². The number of hydrogen-bond donors (Lipinski definition) is 1. The van der Waals surface area contributed by atoms with Crippen molar-refractivity contribution in [1.82, 2.24) is 14.8 Å². The van der Waals surface area contributed by atoms with Crippen LogP contribution < -0.4 is 5.32 Å². The second kappa shape index (κ2) is 8.23. The van der Waals surface area contributed by atoms with Crippen LogP contribution in [0, 0.1) is 13.8 Å². The summed E-state index contributed by atoms with van der Waals surface area (Å²) in [6.45, 7) is 9.28. The van der Waals surface area contributed by atoms with Gasteiger partial charge in [-0.05, 0) is 42.7 Å². The van der Waals surface area contributed by atoms with Crippen LogP contribution in [0.2, 0.25) is 0 Å². The summed E-state index contributed by atoms with van der Waals surface area (Å²) in [5.74, 6) is 0.0643. The highest BCUT2D eigenvalue weighted by Gasteiger charge is 2.19. The second-order valence-corrected chi connectivity index (χ2v) is 6.71. The molecule has 132 valence electrons. The highest BCUT2D eigenvalue weighted by molar-refractivity contribution is 5.93. The molecule has 1 aliphatic heterocycles. The average Bonchev–Trinajstić information content (AvgIpc) is 2.62. The quantitative estimate of drug-likeness (QED) is 0.910. The molecule has 0 aliphatic carbocycles. The van der Waals surface area contributed by atoms with E-state index in [0.717, 1.165) is 44.0 Å². The third-order valence-corrected chi connectivity index (χ3v) is 4.84. The molecule has 2 aromatic rings. The number of piperazine rings is 1. The highest BCUT2D eigenvalue weighted by atomic mass is 16.2. The molecule has 0 radical (unpaired) electrons. The van der Waals surface area contributed by atoms with Gasteiger partial charge in [-0.25, -0.2) is 0 Å². The van der Waals surface area contributed by atoms with Gasteiger partial charge in [-0.3, -0.25) is 19.6 Å². The Morgan fingerprint density at radius 3 is 2.56 bits per heavy atom. The van der Waals surface area contributed by atoms with E-state index in [0.29, 0.717) is 6.54 Å². The first-order valence-electron chi connectivity index (χ1n) is 8.81. The van der Waals surface area contributed by atoms with E-state index < -0.39 is 0 Å². The Labute approximate surface area is 149 Å². The normalized spacial score (nSPS) is 15.9. The van der Waals surface area contributed by atoms with E-state index in [9.17, 15) is 4.79 Å². The minimum Gasteiger partial charge on any atom is -0.325 e. The molecular formula is C20H26N4O. The first-order chi connectivity index (χ1) is 12.1. The van der Waals surface area contributed by atoms with Crippen LogP contribution in [0.25, 0.3) is 0 Å². The van der Waals surface area contributed by atoms with Gasteiger partial charge in [0.2, 0.25) is 5.91 Å². The van der Waals surface area contributed by atoms with Crippen LogP contribution in [0.1, 0.15) is 16.7 Å². The molecule has 5 nitrogen and oxygen atoms in total. The van der Waals surface area contributed by atoms with Crippen molar-refractivity contribution in [2.75, 3.05) is 38.0 Å². The Bertz CT molecular complexity index is 709. The number of nitrogens with one attached hydrogen (secondary N) is 1. The monoisotopic (exact) mass is 338 g/mol. The van der Waals surface area contributed by atoms with Gasteiger partial charge in [0.25, 0.3) is 0 Å². The predicted octanol–water partition coefficient (Wildman–Crippen LogP) is 2.45. The van der Waals surface area contributed by atoms with Crippen molar-refractivity contribution >= 4 is 11.6 Å². The lowest BCUT2D eigenvalue weighted by atomic mass is 10.1. The minimum absolute atomic E-state index is 0.0643. The number of amides is 1. The lowest BCUT2D eigenvalue weighted by Gasteiger charge is -2.34. The summed E-state index contributed by atoms with van der Waals surface area (Å²) in [7, 11) is 0. The van der Waals surface area contributed by atoms with Crippen LogP contribution in [0.5, 0.6) is 0 Å². The zero-order valence-corrected chi connectivity index (χ0v) is 15.0. The molecular weight excluding hydrogens is 312 g/mol. The van der Waals surface area contributed by atoms with Crippen LogP contribution in [0.15, 0.2) is 42.7 Å². The number of rotatable bonds is 5. The van der Waals surface area contributed by atoms with Gasteiger partial charge in [0.1, 0.15) is 0 Å². The number of anilines is 1. The van der Waals surface area contributed by atoms with Gasteiger partial charge in [-0.2, -0.15) is 0 Å². The summed E-state index contributed by atoms with van der Waals surface area (Å²) in [4.78, 5) is 21.1. The van der Waals surface area contributed by atoms with Crippen molar-refractivity contribution < 1.29 is 4.79 Å². The first-order valence-corrected chi connectivity index (χ1v) is 8.81. The molecule has 1 N–H and O–H groups in total. The number of pyridine rings is 1. The number of carbonyl (C=O) groups is 1. The molecule has 0 unspecified atom stereocenters. The standard InChI is InChI=1S/C20H26N4O/c1-16-5-3-7-19(17(16)2)22-20(25)15-24-11-9-23(10-12-24)14-18-6-4-8-21-13-18/h3-8,13H,9-12,14-15H2,1-2H3,(H,22,25). The molecule has 0 saturated carbocycles. The third kappa shape index (κ3) is 4.87. The molecule has 1 aromatic carbocycles. The zero-order chi connectivity index (χ0) is 17.6. The number of hydrogen-bond acceptors (Lipinski definition) is 4. The van der Waals surface area contributed by atoms with Gasteiger partial charge in [0, 0.05) is 50.8 Å². The van der Waals surface area contributed by atoms with E-state index in [4.69, 9.17) is 0 Å². The van der Waals surface area contributed by atoms with Crippen molar-refractivity contribution in [3.8, 4) is 0 Å². The molecule has 25 heavy (non-hydrogen) atoms. The fourth-order valence-electron chi connectivity index (χ4n) is 3.13. The average molecular weight is 338 g/mol. The maximum absolute atomic E-state index is 12.3. The van der Waals surface area contributed by atoms with E-state index in [-0.39, 0.29) is 5.91 Å². The zero-order valence-electron chi connectivity index (χ0n) is 15.0. The Morgan fingerprint density at radius 1 is 1.08 bits per heavy atom. The van der Waals surface area contributed by atoms with E-state index in [1.807, 2.05) is 31.3 Å². The van der Waals surface area contributed by atoms with Crippen molar-refractivity contribution in [3.05, 3.63) is 59.4 Å². The fraction of sp³-hybridized carbons (Fsp3) is 0.400. The lowest BCUT2D eigenvalue weighted by Crippen LogP contribution is -2.48. The van der Waals surface area contributed by atoms with E-state index >= 15 is 0 Å². The van der Waals surface area contributed by atoms with Crippen LogP contribution >= 0.6 is 0 Å². The summed E-state index contributed by atoms with van der Waals surface area (Å²) >= 11 is 0. The summed E-state index contributed by atoms with van der Waals surface area (Å²) in [5, 5.41) is 3.05. The second-order valence-electron chi connectivity index (χ2n) is 6.71. The largest absolute Gasteiger partial charge is 0.325 e.